The summed E-state index contributed by atoms with van der Waals surface area (Å²) in [5, 5.41) is 6.90. The molecule has 0 heterocycles. The molecule has 1 amide bonds. The van der Waals surface area contributed by atoms with Gasteiger partial charge in [0.1, 0.15) is 11.5 Å². The number of amides is 1. The molecule has 9 heteroatoms. The van der Waals surface area contributed by atoms with E-state index in [1.807, 2.05) is 6.07 Å². The Bertz CT molecular complexity index is 851. The van der Waals surface area contributed by atoms with Crippen LogP contribution in [0.25, 0.3) is 0 Å². The molecule has 0 saturated carbocycles. The molecule has 0 unspecified atom stereocenters. The molecule has 0 bridgehead atoms. The molecule has 0 saturated heterocycles. The molecule has 0 aliphatic rings. The van der Waals surface area contributed by atoms with E-state index in [9.17, 15) is 9.59 Å². The lowest BCUT2D eigenvalue weighted by Crippen LogP contribution is -2.36. The van der Waals surface area contributed by atoms with Crippen LogP contribution < -0.4 is 16.4 Å². The molecule has 31 heavy (non-hydrogen) atoms. The van der Waals surface area contributed by atoms with Crippen LogP contribution in [0.15, 0.2) is 46.9 Å². The number of halogens is 2. The lowest BCUT2D eigenvalue weighted by molar-refractivity contribution is -0.143. The van der Waals surface area contributed by atoms with Gasteiger partial charge in [-0.2, -0.15) is 0 Å². The number of ether oxygens (including phenoxy) is 1. The Balaban J connectivity index is 2.67. The number of carbonyl (C=O) groups is 2. The lowest BCUT2D eigenvalue weighted by atomic mass is 10.1. The summed E-state index contributed by atoms with van der Waals surface area (Å²) in [7, 11) is 0. The Morgan fingerprint density at radius 1 is 1.23 bits per heavy atom. The molecule has 0 fully saturated rings. The van der Waals surface area contributed by atoms with Crippen LogP contribution in [0.3, 0.4) is 0 Å². The van der Waals surface area contributed by atoms with Crippen LogP contribution in [-0.4, -0.2) is 30.7 Å². The Morgan fingerprint density at radius 2 is 1.97 bits per heavy atom. The minimum Gasteiger partial charge on any atom is -0.466 e. The van der Waals surface area contributed by atoms with E-state index in [4.69, 9.17) is 33.7 Å². The third-order valence-electron chi connectivity index (χ3n) is 4.21. The molecule has 1 rings (SSSR count). The zero-order valence-electron chi connectivity index (χ0n) is 18.1. The van der Waals surface area contributed by atoms with Gasteiger partial charge < -0.3 is 21.1 Å². The van der Waals surface area contributed by atoms with Gasteiger partial charge in [0, 0.05) is 19.5 Å². The van der Waals surface area contributed by atoms with Crippen LogP contribution in [0, 0.1) is 0 Å². The summed E-state index contributed by atoms with van der Waals surface area (Å²) in [4.78, 5) is 28.5. The number of hydrogen-bond donors (Lipinski definition) is 3. The van der Waals surface area contributed by atoms with E-state index < -0.39 is 0 Å². The molecule has 0 aromatic heterocycles. The number of benzene rings is 1. The van der Waals surface area contributed by atoms with Crippen LogP contribution in [0.4, 0.5) is 0 Å². The molecule has 0 aliphatic carbocycles. The Hall–Kier alpha value is -2.51. The van der Waals surface area contributed by atoms with Gasteiger partial charge in [-0.1, -0.05) is 29.3 Å². The number of nitrogens with one attached hydrogen (secondary N) is 2. The summed E-state index contributed by atoms with van der Waals surface area (Å²) >= 11 is 12.0. The van der Waals surface area contributed by atoms with Crippen molar-refractivity contribution < 1.29 is 14.3 Å². The second-order valence-corrected chi connectivity index (χ2v) is 7.42. The van der Waals surface area contributed by atoms with Crippen molar-refractivity contribution in [1.29, 1.82) is 0 Å². The first-order valence-corrected chi connectivity index (χ1v) is 10.8. The van der Waals surface area contributed by atoms with Crippen molar-refractivity contribution in [3.63, 3.8) is 0 Å². The summed E-state index contributed by atoms with van der Waals surface area (Å²) in [6.45, 7) is 6.50. The summed E-state index contributed by atoms with van der Waals surface area (Å²) in [5.41, 5.74) is 7.32. The first-order valence-electron chi connectivity index (χ1n) is 10.1. The topological polar surface area (TPSA) is 106 Å². The van der Waals surface area contributed by atoms with Gasteiger partial charge in [-0.05, 0) is 69.2 Å². The quantitative estimate of drug-likeness (QED) is 0.243. The molecule has 7 nitrogen and oxygen atoms in total. The zero-order valence-corrected chi connectivity index (χ0v) is 19.6. The molecular formula is C22H30Cl2N4O3. The molecular weight excluding hydrogens is 439 g/mol. The molecule has 1 aromatic carbocycles. The highest BCUT2D eigenvalue weighted by Crippen LogP contribution is 2.22. The smallest absolute Gasteiger partial charge is 0.305 e. The van der Waals surface area contributed by atoms with Gasteiger partial charge in [-0.25, -0.2) is 0 Å². The van der Waals surface area contributed by atoms with Crippen LogP contribution >= 0.6 is 23.2 Å². The average molecular weight is 469 g/mol. The maximum absolute atomic E-state index is 12.7. The number of rotatable bonds is 12. The van der Waals surface area contributed by atoms with Gasteiger partial charge in [-0.15, -0.1) is 0 Å². The van der Waals surface area contributed by atoms with Gasteiger partial charge in [-0.3, -0.25) is 14.6 Å². The number of aliphatic imine (C=N–C) groups is 1. The number of carbonyl (C=O) groups excluding carboxylic acids is 2. The summed E-state index contributed by atoms with van der Waals surface area (Å²) in [6, 6.07) is 5.33. The monoisotopic (exact) mass is 468 g/mol. The Morgan fingerprint density at radius 3 is 2.58 bits per heavy atom. The lowest BCUT2D eigenvalue weighted by Gasteiger charge is -2.14. The minimum atomic E-state index is -0.376. The number of nitrogens with two attached hydrogens (primary N) is 1. The van der Waals surface area contributed by atoms with Crippen molar-refractivity contribution in [3.8, 4) is 0 Å². The van der Waals surface area contributed by atoms with E-state index in [1.165, 1.54) is 6.20 Å². The predicted octanol–water partition coefficient (Wildman–Crippen LogP) is 4.10. The summed E-state index contributed by atoms with van der Waals surface area (Å²) < 4.78 is 4.90. The first kappa shape index (κ1) is 26.5. The van der Waals surface area contributed by atoms with Crippen molar-refractivity contribution in [3.05, 3.63) is 57.5 Å². The fourth-order valence-corrected chi connectivity index (χ4v) is 2.83. The number of nitrogens with zero attached hydrogens (tertiary/aromatic N) is 1. The number of allylic oxidation sites excluding steroid dienone is 1. The molecule has 4 N–H and O–H groups in total. The third-order valence-corrected chi connectivity index (χ3v) is 4.95. The van der Waals surface area contributed by atoms with Crippen molar-refractivity contribution in [2.45, 2.75) is 46.6 Å². The molecule has 1 aromatic rings. The van der Waals surface area contributed by atoms with E-state index in [0.29, 0.717) is 60.4 Å². The number of hydrogen-bond acceptors (Lipinski definition) is 6. The zero-order chi connectivity index (χ0) is 23.2. The van der Waals surface area contributed by atoms with Gasteiger partial charge in [0.05, 0.1) is 16.7 Å². The first-order chi connectivity index (χ1) is 14.8. The van der Waals surface area contributed by atoms with E-state index >= 15 is 0 Å². The highest BCUT2D eigenvalue weighted by Gasteiger charge is 2.14. The SMILES string of the molecule is CC=C(NCc1ccc(Cl)c(Cl)c1)NC(=O)C(=NCCCCC(=O)OCC)C(C)=CN. The van der Waals surface area contributed by atoms with Crippen molar-refractivity contribution >= 4 is 40.8 Å². The van der Waals surface area contributed by atoms with Gasteiger partial charge in [0.25, 0.3) is 5.91 Å². The minimum absolute atomic E-state index is 0.228. The Kier molecular flexibility index (Phi) is 12.4. The van der Waals surface area contributed by atoms with Gasteiger partial charge in [0.2, 0.25) is 0 Å². The summed E-state index contributed by atoms with van der Waals surface area (Å²) in [5.74, 6) is -0.0801. The standard InChI is InChI=1S/C22H30Cl2N4O3/c1-4-19(27-14-16-9-10-17(23)18(24)12-16)28-22(30)21(15(3)13-25)26-11-7-6-8-20(29)31-5-2/h4,9-10,12-13,27H,5-8,11,14,25H2,1-3H3,(H,28,30). The van der Waals surface area contributed by atoms with Crippen molar-refractivity contribution in [2.24, 2.45) is 10.7 Å². The van der Waals surface area contributed by atoms with Crippen molar-refractivity contribution in [1.82, 2.24) is 10.6 Å². The maximum atomic E-state index is 12.7. The largest absolute Gasteiger partial charge is 0.466 e. The highest BCUT2D eigenvalue weighted by atomic mass is 35.5. The van der Waals surface area contributed by atoms with Crippen LogP contribution in [0.5, 0.6) is 0 Å². The second-order valence-electron chi connectivity index (χ2n) is 6.60. The van der Waals surface area contributed by atoms with Crippen LogP contribution in [0.1, 0.15) is 45.6 Å². The average Bonchev–Trinajstić information content (AvgIpc) is 2.75. The third kappa shape index (κ3) is 9.89. The van der Waals surface area contributed by atoms with Crippen LogP contribution in [0.2, 0.25) is 10.0 Å². The van der Waals surface area contributed by atoms with Crippen molar-refractivity contribution in [2.75, 3.05) is 13.2 Å². The highest BCUT2D eigenvalue weighted by molar-refractivity contribution is 6.45. The van der Waals surface area contributed by atoms with E-state index in [0.717, 1.165) is 5.56 Å². The number of unbranched alkanes of at least 4 members (excludes halogenated alkanes) is 1. The molecule has 170 valence electrons. The molecule has 0 aliphatic heterocycles. The molecule has 0 atom stereocenters. The van der Waals surface area contributed by atoms with Gasteiger partial charge in [0.15, 0.2) is 0 Å². The van der Waals surface area contributed by atoms with Gasteiger partial charge >= 0.3 is 5.97 Å². The van der Waals surface area contributed by atoms with Crippen LogP contribution in [-0.2, 0) is 20.9 Å². The fraction of sp³-hybridized carbons (Fsp3) is 0.409. The Labute approximate surface area is 193 Å². The fourth-order valence-electron chi connectivity index (χ4n) is 2.51. The predicted molar refractivity (Wildman–Crippen MR) is 126 cm³/mol. The van der Waals surface area contributed by atoms with E-state index in [-0.39, 0.29) is 17.6 Å². The molecule has 0 spiro atoms. The maximum Gasteiger partial charge on any atom is 0.305 e. The molecule has 0 radical (unpaired) electrons. The summed E-state index contributed by atoms with van der Waals surface area (Å²) in [6.07, 6.45) is 4.70. The normalized spacial score (nSPS) is 12.5. The van der Waals surface area contributed by atoms with E-state index in [2.05, 4.69) is 15.6 Å². The second kappa shape index (κ2) is 14.5. The van der Waals surface area contributed by atoms with E-state index in [1.54, 1.807) is 39.0 Å². The number of esters is 1.